The van der Waals surface area contributed by atoms with Gasteiger partial charge in [0.15, 0.2) is 23.8 Å². The van der Waals surface area contributed by atoms with Crippen molar-refractivity contribution in [1.82, 2.24) is 9.99 Å². The number of hydrogen-bond acceptors (Lipinski definition) is 9. The predicted octanol–water partition coefficient (Wildman–Crippen LogP) is 2.49. The largest absolute Gasteiger partial charge is 0.462 e. The van der Waals surface area contributed by atoms with Gasteiger partial charge in [-0.25, -0.2) is 17.7 Å². The molecule has 15 heteroatoms. The van der Waals surface area contributed by atoms with Gasteiger partial charge in [-0.15, -0.1) is 0 Å². The lowest BCUT2D eigenvalue weighted by Crippen LogP contribution is -2.51. The number of allylic oxidation sites excluding steroid dienone is 1. The molecule has 210 valence electrons. The summed E-state index contributed by atoms with van der Waals surface area (Å²) in [4.78, 5) is 36.5. The van der Waals surface area contributed by atoms with Gasteiger partial charge in [-0.2, -0.15) is 5.09 Å². The summed E-state index contributed by atoms with van der Waals surface area (Å²) in [6.45, 7) is 2.99. The molecule has 11 nitrogen and oxygen atoms in total. The number of para-hydroxylation sites is 1. The number of rotatable bonds is 11. The zero-order valence-electron chi connectivity index (χ0n) is 20.7. The van der Waals surface area contributed by atoms with Gasteiger partial charge in [0.25, 0.3) is 6.43 Å². The van der Waals surface area contributed by atoms with Gasteiger partial charge in [0, 0.05) is 6.20 Å². The number of halogens is 3. The maximum Gasteiger partial charge on any atom is 0.459 e. The Labute approximate surface area is 216 Å². The fourth-order valence-electron chi connectivity index (χ4n) is 3.66. The van der Waals surface area contributed by atoms with Crippen molar-refractivity contribution in [3.8, 4) is 5.75 Å². The van der Waals surface area contributed by atoms with Crippen molar-refractivity contribution in [3.63, 3.8) is 0 Å². The smallest absolute Gasteiger partial charge is 0.459 e. The average molecular weight is 564 g/mol. The van der Waals surface area contributed by atoms with Crippen LogP contribution in [0, 0.1) is 0 Å². The summed E-state index contributed by atoms with van der Waals surface area (Å²) in [6, 6.07) is 6.08. The molecule has 1 unspecified atom stereocenters. The van der Waals surface area contributed by atoms with Crippen molar-refractivity contribution in [2.45, 2.75) is 69.9 Å². The minimum absolute atomic E-state index is 0.0328. The summed E-state index contributed by atoms with van der Waals surface area (Å²) < 4.78 is 78.2. The highest BCUT2D eigenvalue weighted by molar-refractivity contribution is 7.52. The first-order valence-corrected chi connectivity index (χ1v) is 13.1. The highest BCUT2D eigenvalue weighted by Gasteiger charge is 2.63. The third-order valence-corrected chi connectivity index (χ3v) is 7.19. The first-order valence-electron chi connectivity index (χ1n) is 11.6. The normalized spacial score (nSPS) is 28.0. The number of ether oxygens (including phenoxy) is 2. The van der Waals surface area contributed by atoms with Gasteiger partial charge in [0.1, 0.15) is 17.9 Å². The molecule has 2 aliphatic heterocycles. The number of aliphatic hydroxyl groups excluding tert-OH is 1. The van der Waals surface area contributed by atoms with Crippen molar-refractivity contribution >= 4 is 25.4 Å². The molecule has 1 fully saturated rings. The lowest BCUT2D eigenvalue weighted by atomic mass is 9.98. The van der Waals surface area contributed by atoms with Crippen LogP contribution in [0.5, 0.6) is 5.75 Å². The summed E-state index contributed by atoms with van der Waals surface area (Å²) in [6.07, 6.45) is -9.97. The van der Waals surface area contributed by atoms with E-state index >= 15 is 4.39 Å². The summed E-state index contributed by atoms with van der Waals surface area (Å²) in [5.74, 6) is -2.37. The Hall–Kier alpha value is -2.77. The van der Waals surface area contributed by atoms with E-state index in [1.54, 1.807) is 19.9 Å². The Balaban J connectivity index is 1.87. The topological polar surface area (TPSA) is 141 Å². The SMILES string of the molecule is CC(C)OC(=O)[C@H](C)NP(=O)(OC[C@@]1(C(F)F)O[C@@H](N2C=CC(=O)CC2=O)[C@H](O)[C@@H]1F)Oc1ccccc1. The van der Waals surface area contributed by atoms with Crippen LogP contribution in [0.1, 0.15) is 27.2 Å². The molecule has 2 heterocycles. The molecule has 0 aromatic heterocycles. The number of alkyl halides is 3. The molecule has 3 rings (SSSR count). The first kappa shape index (κ1) is 29.8. The summed E-state index contributed by atoms with van der Waals surface area (Å²) in [5.41, 5.74) is -3.20. The number of amides is 1. The highest BCUT2D eigenvalue weighted by Crippen LogP contribution is 2.49. The molecule has 0 radical (unpaired) electrons. The number of carbonyl (C=O) groups excluding carboxylic acids is 3. The Kier molecular flexibility index (Phi) is 9.37. The molecular formula is C23H28F3N2O9P. The van der Waals surface area contributed by atoms with Crippen LogP contribution in [0.2, 0.25) is 0 Å². The monoisotopic (exact) mass is 564 g/mol. The second kappa shape index (κ2) is 12.0. The van der Waals surface area contributed by atoms with E-state index in [-0.39, 0.29) is 5.75 Å². The number of benzene rings is 1. The van der Waals surface area contributed by atoms with E-state index in [1.807, 2.05) is 0 Å². The predicted molar refractivity (Wildman–Crippen MR) is 125 cm³/mol. The van der Waals surface area contributed by atoms with Crippen LogP contribution < -0.4 is 9.61 Å². The van der Waals surface area contributed by atoms with Gasteiger partial charge in [-0.1, -0.05) is 18.2 Å². The van der Waals surface area contributed by atoms with Crippen molar-refractivity contribution < 1.29 is 55.7 Å². The van der Waals surface area contributed by atoms with E-state index < -0.39 is 81.1 Å². The van der Waals surface area contributed by atoms with E-state index in [4.69, 9.17) is 18.5 Å². The van der Waals surface area contributed by atoms with Crippen LogP contribution in [0.15, 0.2) is 42.6 Å². The number of nitrogens with one attached hydrogen (secondary N) is 1. The minimum Gasteiger partial charge on any atom is -0.462 e. The van der Waals surface area contributed by atoms with Crippen molar-refractivity contribution in [2.24, 2.45) is 0 Å². The van der Waals surface area contributed by atoms with Gasteiger partial charge in [0.2, 0.25) is 5.91 Å². The van der Waals surface area contributed by atoms with Crippen LogP contribution in [-0.4, -0.2) is 76.9 Å². The second-order valence-electron chi connectivity index (χ2n) is 8.93. The summed E-state index contributed by atoms with van der Waals surface area (Å²) in [5, 5.41) is 12.6. The van der Waals surface area contributed by atoms with Gasteiger partial charge in [-0.05, 0) is 39.0 Å². The lowest BCUT2D eigenvalue weighted by molar-refractivity contribution is -0.193. The molecule has 38 heavy (non-hydrogen) atoms. The van der Waals surface area contributed by atoms with Crippen LogP contribution in [-0.2, 0) is 32.9 Å². The molecule has 0 aliphatic carbocycles. The van der Waals surface area contributed by atoms with Gasteiger partial charge in [-0.3, -0.25) is 23.8 Å². The molecule has 1 amide bonds. The number of nitrogens with zero attached hydrogens (tertiary/aromatic N) is 1. The fourth-order valence-corrected chi connectivity index (χ4v) is 5.19. The molecule has 2 aliphatic rings. The van der Waals surface area contributed by atoms with Gasteiger partial charge >= 0.3 is 13.7 Å². The van der Waals surface area contributed by atoms with Gasteiger partial charge in [0.05, 0.1) is 19.1 Å². The zero-order valence-corrected chi connectivity index (χ0v) is 21.6. The quantitative estimate of drug-likeness (QED) is 0.234. The van der Waals surface area contributed by atoms with E-state index in [1.165, 1.54) is 31.2 Å². The molecule has 1 aromatic carbocycles. The van der Waals surface area contributed by atoms with Crippen LogP contribution in [0.4, 0.5) is 13.2 Å². The molecule has 0 saturated carbocycles. The van der Waals surface area contributed by atoms with Crippen molar-refractivity contribution in [1.29, 1.82) is 0 Å². The second-order valence-corrected chi connectivity index (χ2v) is 10.6. The van der Waals surface area contributed by atoms with Crippen LogP contribution in [0.3, 0.4) is 0 Å². The minimum atomic E-state index is -4.70. The number of carbonyl (C=O) groups is 3. The Bertz CT molecular complexity index is 1110. The number of hydrogen-bond donors (Lipinski definition) is 2. The average Bonchev–Trinajstić information content (AvgIpc) is 3.09. The first-order chi connectivity index (χ1) is 17.8. The molecule has 1 saturated heterocycles. The van der Waals surface area contributed by atoms with E-state index in [2.05, 4.69) is 5.09 Å². The third kappa shape index (κ3) is 6.62. The molecule has 0 bridgehead atoms. The third-order valence-electron chi connectivity index (χ3n) is 5.56. The Morgan fingerprint density at radius 3 is 2.50 bits per heavy atom. The van der Waals surface area contributed by atoms with E-state index in [0.717, 1.165) is 12.3 Å². The summed E-state index contributed by atoms with van der Waals surface area (Å²) in [7, 11) is -4.70. The lowest BCUT2D eigenvalue weighted by Gasteiger charge is -2.33. The van der Waals surface area contributed by atoms with Crippen LogP contribution >= 0.6 is 7.75 Å². The number of aliphatic hydroxyl groups is 1. The fraction of sp³-hybridized carbons (Fsp3) is 0.522. The number of esters is 1. The Morgan fingerprint density at radius 1 is 1.26 bits per heavy atom. The molecule has 6 atom stereocenters. The molecule has 1 aromatic rings. The van der Waals surface area contributed by atoms with Crippen molar-refractivity contribution in [3.05, 3.63) is 42.6 Å². The maximum absolute atomic E-state index is 15.2. The molecule has 2 N–H and O–H groups in total. The maximum atomic E-state index is 15.2. The number of ketones is 1. The Morgan fingerprint density at radius 2 is 1.92 bits per heavy atom. The van der Waals surface area contributed by atoms with Crippen molar-refractivity contribution in [2.75, 3.05) is 6.61 Å². The zero-order chi connectivity index (χ0) is 28.3. The van der Waals surface area contributed by atoms with E-state index in [9.17, 15) is 32.8 Å². The van der Waals surface area contributed by atoms with Gasteiger partial charge < -0.3 is 19.1 Å². The highest BCUT2D eigenvalue weighted by atomic mass is 31.2. The van der Waals surface area contributed by atoms with Crippen LogP contribution in [0.25, 0.3) is 0 Å². The summed E-state index contributed by atoms with van der Waals surface area (Å²) >= 11 is 0. The molecule has 0 spiro atoms. The standard InChI is InChI=1S/C23H28F3N2O9P/c1-13(2)35-21(32)14(3)27-38(33,37-16-7-5-4-6-8-16)34-12-23(22(25)26)19(24)18(31)20(36-23)28-10-9-15(29)11-17(28)30/h4-10,13-14,18-20,22,31H,11-12H2,1-3H3,(H,27,33)/t14-,18+,19-,20+,23+,38?/m0/s1. The molecular weight excluding hydrogens is 536 g/mol. The van der Waals surface area contributed by atoms with E-state index in [0.29, 0.717) is 4.90 Å².